The van der Waals surface area contributed by atoms with Gasteiger partial charge in [0, 0.05) is 12.1 Å². The van der Waals surface area contributed by atoms with Crippen LogP contribution in [0, 0.1) is 0 Å². The first kappa shape index (κ1) is 15.6. The Balaban J connectivity index is 2.05. The van der Waals surface area contributed by atoms with Crippen LogP contribution in [-0.4, -0.2) is 32.2 Å². The number of methoxy groups -OCH3 is 1. The molecular formula is C16H24N2O3. The summed E-state index contributed by atoms with van der Waals surface area (Å²) in [5.41, 5.74) is 1.11. The third-order valence-corrected chi connectivity index (χ3v) is 3.72. The van der Waals surface area contributed by atoms with Crippen molar-refractivity contribution in [3.63, 3.8) is 0 Å². The first-order valence-corrected chi connectivity index (χ1v) is 7.37. The van der Waals surface area contributed by atoms with Crippen LogP contribution < -0.4 is 20.1 Å². The molecule has 2 unspecified atom stereocenters. The van der Waals surface area contributed by atoms with Gasteiger partial charge in [-0.05, 0) is 51.4 Å². The maximum atomic E-state index is 11.9. The number of rotatable bonds is 7. The Morgan fingerprint density at radius 3 is 2.57 bits per heavy atom. The van der Waals surface area contributed by atoms with Gasteiger partial charge in [0.2, 0.25) is 0 Å². The van der Waals surface area contributed by atoms with Crippen molar-refractivity contribution < 1.29 is 14.3 Å². The van der Waals surface area contributed by atoms with Gasteiger partial charge in [0.05, 0.1) is 7.11 Å². The van der Waals surface area contributed by atoms with E-state index < -0.39 is 6.10 Å². The lowest BCUT2D eigenvalue weighted by Gasteiger charge is -2.18. The molecule has 0 spiro atoms. The van der Waals surface area contributed by atoms with Crippen LogP contribution >= 0.6 is 0 Å². The highest BCUT2D eigenvalue weighted by atomic mass is 16.5. The molecule has 2 rings (SSSR count). The third-order valence-electron chi connectivity index (χ3n) is 3.72. The molecule has 0 heterocycles. The van der Waals surface area contributed by atoms with Crippen LogP contribution in [0.5, 0.6) is 11.5 Å². The predicted octanol–water partition coefficient (Wildman–Crippen LogP) is 2.02. The van der Waals surface area contributed by atoms with Crippen molar-refractivity contribution in [1.82, 2.24) is 10.6 Å². The van der Waals surface area contributed by atoms with E-state index in [0.29, 0.717) is 17.5 Å². The molecule has 0 aromatic heterocycles. The molecule has 1 fully saturated rings. The second-order valence-corrected chi connectivity index (χ2v) is 5.46. The van der Waals surface area contributed by atoms with Gasteiger partial charge >= 0.3 is 0 Å². The van der Waals surface area contributed by atoms with E-state index in [2.05, 4.69) is 17.6 Å². The van der Waals surface area contributed by atoms with E-state index in [-0.39, 0.29) is 11.9 Å². The van der Waals surface area contributed by atoms with Gasteiger partial charge in [-0.3, -0.25) is 4.79 Å². The van der Waals surface area contributed by atoms with Gasteiger partial charge in [0.15, 0.2) is 17.6 Å². The van der Waals surface area contributed by atoms with E-state index in [1.54, 1.807) is 14.0 Å². The standard InChI is InChI=1S/C16H24N2O3/c1-10(17-3)12-5-8-14(15(9-12)20-4)21-11(2)16(19)18-13-6-7-13/h5,8-11,13,17H,6-7H2,1-4H3,(H,18,19). The smallest absolute Gasteiger partial charge is 0.260 e. The highest BCUT2D eigenvalue weighted by Gasteiger charge is 2.26. The lowest BCUT2D eigenvalue weighted by molar-refractivity contribution is -0.127. The van der Waals surface area contributed by atoms with Gasteiger partial charge in [0.25, 0.3) is 5.91 Å². The molecule has 1 aromatic rings. The number of ether oxygens (including phenoxy) is 2. The van der Waals surface area contributed by atoms with Crippen LogP contribution in [0.25, 0.3) is 0 Å². The van der Waals surface area contributed by atoms with Gasteiger partial charge in [-0.15, -0.1) is 0 Å². The number of nitrogens with one attached hydrogen (secondary N) is 2. The molecular weight excluding hydrogens is 268 g/mol. The van der Waals surface area contributed by atoms with Crippen molar-refractivity contribution in [2.24, 2.45) is 0 Å². The van der Waals surface area contributed by atoms with Crippen LogP contribution in [-0.2, 0) is 4.79 Å². The minimum Gasteiger partial charge on any atom is -0.493 e. The van der Waals surface area contributed by atoms with E-state index in [1.807, 2.05) is 25.2 Å². The molecule has 0 bridgehead atoms. The molecule has 2 N–H and O–H groups in total. The minimum absolute atomic E-state index is 0.0766. The Kier molecular flexibility index (Phi) is 5.07. The highest BCUT2D eigenvalue weighted by molar-refractivity contribution is 5.81. The van der Waals surface area contributed by atoms with Crippen molar-refractivity contribution in [1.29, 1.82) is 0 Å². The fraction of sp³-hybridized carbons (Fsp3) is 0.562. The number of hydrogen-bond acceptors (Lipinski definition) is 4. The Morgan fingerprint density at radius 2 is 2.00 bits per heavy atom. The summed E-state index contributed by atoms with van der Waals surface area (Å²) in [7, 11) is 3.51. The molecule has 116 valence electrons. The van der Waals surface area contributed by atoms with Gasteiger partial charge in [0.1, 0.15) is 0 Å². The summed E-state index contributed by atoms with van der Waals surface area (Å²) in [5.74, 6) is 1.15. The van der Waals surface area contributed by atoms with Gasteiger partial charge < -0.3 is 20.1 Å². The zero-order chi connectivity index (χ0) is 15.4. The summed E-state index contributed by atoms with van der Waals surface area (Å²) in [6, 6.07) is 6.32. The largest absolute Gasteiger partial charge is 0.493 e. The normalized spacial score (nSPS) is 17.0. The summed E-state index contributed by atoms with van der Waals surface area (Å²) in [6.07, 6.45) is 1.60. The van der Waals surface area contributed by atoms with Crippen molar-refractivity contribution in [2.45, 2.75) is 44.9 Å². The second kappa shape index (κ2) is 6.80. The Hall–Kier alpha value is -1.75. The quantitative estimate of drug-likeness (QED) is 0.807. The lowest BCUT2D eigenvalue weighted by Crippen LogP contribution is -2.37. The first-order chi connectivity index (χ1) is 10.0. The van der Waals surface area contributed by atoms with Crippen molar-refractivity contribution in [2.75, 3.05) is 14.2 Å². The van der Waals surface area contributed by atoms with Crippen molar-refractivity contribution >= 4 is 5.91 Å². The van der Waals surface area contributed by atoms with Crippen LogP contribution in [0.3, 0.4) is 0 Å². The third kappa shape index (κ3) is 4.11. The van der Waals surface area contributed by atoms with Crippen LogP contribution in [0.4, 0.5) is 0 Å². The summed E-state index contributed by atoms with van der Waals surface area (Å²) < 4.78 is 11.1. The molecule has 5 nitrogen and oxygen atoms in total. The van der Waals surface area contributed by atoms with Crippen LogP contribution in [0.2, 0.25) is 0 Å². The molecule has 5 heteroatoms. The first-order valence-electron chi connectivity index (χ1n) is 7.37. The summed E-state index contributed by atoms with van der Waals surface area (Å²) in [6.45, 7) is 3.82. The van der Waals surface area contributed by atoms with Crippen molar-refractivity contribution in [3.05, 3.63) is 23.8 Å². The molecule has 1 amide bonds. The Bertz CT molecular complexity index is 500. The molecule has 1 aliphatic rings. The van der Waals surface area contributed by atoms with Crippen LogP contribution in [0.1, 0.15) is 38.3 Å². The highest BCUT2D eigenvalue weighted by Crippen LogP contribution is 2.31. The SMILES string of the molecule is CNC(C)c1ccc(OC(C)C(=O)NC2CC2)c(OC)c1. The van der Waals surface area contributed by atoms with Gasteiger partial charge in [-0.2, -0.15) is 0 Å². The maximum absolute atomic E-state index is 11.9. The van der Waals surface area contributed by atoms with E-state index in [1.165, 1.54) is 0 Å². The van der Waals surface area contributed by atoms with E-state index in [9.17, 15) is 4.79 Å². The average molecular weight is 292 g/mol. The van der Waals surface area contributed by atoms with Crippen LogP contribution in [0.15, 0.2) is 18.2 Å². The molecule has 0 aliphatic heterocycles. The summed E-state index contributed by atoms with van der Waals surface area (Å²) >= 11 is 0. The maximum Gasteiger partial charge on any atom is 0.260 e. The number of benzene rings is 1. The fourth-order valence-corrected chi connectivity index (χ4v) is 2.01. The molecule has 1 aromatic carbocycles. The monoisotopic (exact) mass is 292 g/mol. The zero-order valence-electron chi connectivity index (χ0n) is 13.1. The fourth-order valence-electron chi connectivity index (χ4n) is 2.01. The average Bonchev–Trinajstić information content (AvgIpc) is 3.30. The molecule has 1 aliphatic carbocycles. The minimum atomic E-state index is -0.535. The molecule has 0 radical (unpaired) electrons. The zero-order valence-corrected chi connectivity index (χ0v) is 13.1. The van der Waals surface area contributed by atoms with E-state index >= 15 is 0 Å². The number of carbonyl (C=O) groups excluding carboxylic acids is 1. The lowest BCUT2D eigenvalue weighted by atomic mass is 10.1. The van der Waals surface area contributed by atoms with Gasteiger partial charge in [-0.1, -0.05) is 6.07 Å². The number of amides is 1. The second-order valence-electron chi connectivity index (χ2n) is 5.46. The molecule has 1 saturated carbocycles. The van der Waals surface area contributed by atoms with E-state index in [0.717, 1.165) is 18.4 Å². The molecule has 0 saturated heterocycles. The summed E-state index contributed by atoms with van der Waals surface area (Å²) in [4.78, 5) is 11.9. The summed E-state index contributed by atoms with van der Waals surface area (Å²) in [5, 5.41) is 6.11. The van der Waals surface area contributed by atoms with Crippen molar-refractivity contribution in [3.8, 4) is 11.5 Å². The Morgan fingerprint density at radius 1 is 1.29 bits per heavy atom. The number of hydrogen-bond donors (Lipinski definition) is 2. The number of carbonyl (C=O) groups is 1. The predicted molar refractivity (Wildman–Crippen MR) is 81.7 cm³/mol. The topological polar surface area (TPSA) is 59.6 Å². The molecule has 21 heavy (non-hydrogen) atoms. The Labute approximate surface area is 126 Å². The molecule has 2 atom stereocenters. The van der Waals surface area contributed by atoms with E-state index in [4.69, 9.17) is 9.47 Å². The van der Waals surface area contributed by atoms with Gasteiger partial charge in [-0.25, -0.2) is 0 Å².